The van der Waals surface area contributed by atoms with Gasteiger partial charge in [-0.15, -0.1) is 23.1 Å². The maximum Gasteiger partial charge on any atom is 0.252 e. The summed E-state index contributed by atoms with van der Waals surface area (Å²) in [5, 5.41) is 6.09. The third-order valence-corrected chi connectivity index (χ3v) is 6.00. The zero-order valence-electron chi connectivity index (χ0n) is 16.0. The van der Waals surface area contributed by atoms with E-state index in [1.54, 1.807) is 37.3 Å². The van der Waals surface area contributed by atoms with Gasteiger partial charge in [-0.3, -0.25) is 4.79 Å². The fourth-order valence-corrected chi connectivity index (χ4v) is 4.33. The predicted octanol–water partition coefficient (Wildman–Crippen LogP) is 4.69. The monoisotopic (exact) mass is 414 g/mol. The second kappa shape index (κ2) is 9.61. The van der Waals surface area contributed by atoms with Crippen LogP contribution < -0.4 is 14.8 Å². The van der Waals surface area contributed by atoms with Crippen LogP contribution in [0.2, 0.25) is 0 Å². The molecule has 3 aromatic rings. The van der Waals surface area contributed by atoms with Gasteiger partial charge in [0, 0.05) is 22.6 Å². The third-order valence-electron chi connectivity index (χ3n) is 4.07. The molecule has 0 atom stereocenters. The standard InChI is InChI=1S/C21H22N2O3S2/c1-14-23-16(12-27-14)13-28-20-7-5-4-6-17(20)21(24)22-11-15-8-9-18(25-2)19(10-15)26-3/h4-10,12H,11,13H2,1-3H3,(H,22,24). The van der Waals surface area contributed by atoms with Crippen molar-refractivity contribution in [2.24, 2.45) is 0 Å². The Balaban J connectivity index is 1.66. The van der Waals surface area contributed by atoms with Gasteiger partial charge in [0.05, 0.1) is 30.5 Å². The summed E-state index contributed by atoms with van der Waals surface area (Å²) in [5.41, 5.74) is 2.64. The van der Waals surface area contributed by atoms with Crippen molar-refractivity contribution in [3.05, 3.63) is 69.7 Å². The molecular formula is C21H22N2O3S2. The average molecular weight is 415 g/mol. The number of thiazole rings is 1. The van der Waals surface area contributed by atoms with Crippen molar-refractivity contribution < 1.29 is 14.3 Å². The van der Waals surface area contributed by atoms with Crippen LogP contribution in [0.1, 0.15) is 26.6 Å². The molecule has 0 unspecified atom stereocenters. The molecule has 5 nitrogen and oxygen atoms in total. The molecule has 1 N–H and O–H groups in total. The van der Waals surface area contributed by atoms with Crippen molar-refractivity contribution in [1.29, 1.82) is 0 Å². The number of hydrogen-bond acceptors (Lipinski definition) is 6. The average Bonchev–Trinajstić information content (AvgIpc) is 3.15. The minimum atomic E-state index is -0.104. The number of nitrogens with zero attached hydrogens (tertiary/aromatic N) is 1. The number of methoxy groups -OCH3 is 2. The second-order valence-corrected chi connectivity index (χ2v) is 8.09. The Hall–Kier alpha value is -2.51. The summed E-state index contributed by atoms with van der Waals surface area (Å²) in [5.74, 6) is 1.94. The molecule has 1 heterocycles. The van der Waals surface area contributed by atoms with Gasteiger partial charge >= 0.3 is 0 Å². The van der Waals surface area contributed by atoms with E-state index >= 15 is 0 Å². The molecule has 0 saturated carbocycles. The number of benzene rings is 2. The van der Waals surface area contributed by atoms with Crippen LogP contribution in [0.5, 0.6) is 11.5 Å². The zero-order chi connectivity index (χ0) is 19.9. The maximum atomic E-state index is 12.7. The summed E-state index contributed by atoms with van der Waals surface area (Å²) < 4.78 is 10.6. The van der Waals surface area contributed by atoms with Gasteiger partial charge in [-0.25, -0.2) is 4.98 Å². The van der Waals surface area contributed by atoms with Crippen molar-refractivity contribution in [2.45, 2.75) is 24.1 Å². The van der Waals surface area contributed by atoms with Crippen molar-refractivity contribution in [3.8, 4) is 11.5 Å². The fraction of sp³-hybridized carbons (Fsp3) is 0.238. The summed E-state index contributed by atoms with van der Waals surface area (Å²) in [6.07, 6.45) is 0. The van der Waals surface area contributed by atoms with E-state index in [9.17, 15) is 4.79 Å². The number of nitrogens with one attached hydrogen (secondary N) is 1. The molecule has 0 saturated heterocycles. The lowest BCUT2D eigenvalue weighted by molar-refractivity contribution is 0.0948. The van der Waals surface area contributed by atoms with Crippen molar-refractivity contribution in [2.75, 3.05) is 14.2 Å². The summed E-state index contributed by atoms with van der Waals surface area (Å²) in [7, 11) is 3.19. The smallest absolute Gasteiger partial charge is 0.252 e. The molecule has 2 aromatic carbocycles. The highest BCUT2D eigenvalue weighted by Gasteiger charge is 2.12. The number of rotatable bonds is 8. The summed E-state index contributed by atoms with van der Waals surface area (Å²) >= 11 is 3.26. The van der Waals surface area contributed by atoms with Gasteiger partial charge in [-0.2, -0.15) is 0 Å². The zero-order valence-corrected chi connectivity index (χ0v) is 17.7. The van der Waals surface area contributed by atoms with E-state index < -0.39 is 0 Å². The molecule has 3 rings (SSSR count). The van der Waals surface area contributed by atoms with Crippen LogP contribution in [0.3, 0.4) is 0 Å². The molecule has 0 aliphatic heterocycles. The molecule has 0 aliphatic carbocycles. The second-order valence-electron chi connectivity index (χ2n) is 6.01. The van der Waals surface area contributed by atoms with E-state index in [-0.39, 0.29) is 5.91 Å². The summed E-state index contributed by atoms with van der Waals surface area (Å²) in [6, 6.07) is 13.2. The molecule has 146 valence electrons. The molecule has 0 aliphatic rings. The first-order valence-corrected chi connectivity index (χ1v) is 10.6. The largest absolute Gasteiger partial charge is 0.493 e. The van der Waals surface area contributed by atoms with Crippen LogP contribution in [-0.4, -0.2) is 25.1 Å². The molecule has 28 heavy (non-hydrogen) atoms. The Labute approximate surface area is 173 Å². The molecule has 1 amide bonds. The fourth-order valence-electron chi connectivity index (χ4n) is 2.67. The minimum Gasteiger partial charge on any atom is -0.493 e. The van der Waals surface area contributed by atoms with Crippen LogP contribution in [0.15, 0.2) is 52.7 Å². The third kappa shape index (κ3) is 5.05. The number of carbonyl (C=O) groups excluding carboxylic acids is 1. The lowest BCUT2D eigenvalue weighted by Gasteiger charge is -2.12. The van der Waals surface area contributed by atoms with Gasteiger partial charge in [0.25, 0.3) is 5.91 Å². The SMILES string of the molecule is COc1ccc(CNC(=O)c2ccccc2SCc2csc(C)n2)cc1OC. The quantitative estimate of drug-likeness (QED) is 0.542. The van der Waals surface area contributed by atoms with Gasteiger partial charge < -0.3 is 14.8 Å². The maximum absolute atomic E-state index is 12.7. The Kier molecular flexibility index (Phi) is 6.95. The first-order chi connectivity index (χ1) is 13.6. The Bertz CT molecular complexity index is 956. The van der Waals surface area contributed by atoms with Crippen molar-refractivity contribution in [3.63, 3.8) is 0 Å². The molecule has 0 bridgehead atoms. The van der Waals surface area contributed by atoms with Crippen LogP contribution in [-0.2, 0) is 12.3 Å². The topological polar surface area (TPSA) is 60.5 Å². The Morgan fingerprint density at radius 1 is 1.14 bits per heavy atom. The molecule has 0 radical (unpaired) electrons. The van der Waals surface area contributed by atoms with E-state index in [4.69, 9.17) is 9.47 Å². The highest BCUT2D eigenvalue weighted by Crippen LogP contribution is 2.28. The first kappa shape index (κ1) is 20.2. The van der Waals surface area contributed by atoms with Crippen LogP contribution in [0.25, 0.3) is 0 Å². The Morgan fingerprint density at radius 3 is 2.64 bits per heavy atom. The molecule has 7 heteroatoms. The van der Waals surface area contributed by atoms with E-state index in [1.165, 1.54) is 0 Å². The molecule has 1 aromatic heterocycles. The van der Waals surface area contributed by atoms with E-state index in [1.807, 2.05) is 49.4 Å². The van der Waals surface area contributed by atoms with Crippen LogP contribution in [0.4, 0.5) is 0 Å². The molecular weight excluding hydrogens is 392 g/mol. The van der Waals surface area contributed by atoms with Gasteiger partial charge in [0.15, 0.2) is 11.5 Å². The number of carbonyl (C=O) groups is 1. The lowest BCUT2D eigenvalue weighted by Crippen LogP contribution is -2.23. The van der Waals surface area contributed by atoms with E-state index in [0.717, 1.165) is 26.9 Å². The molecule has 0 fully saturated rings. The van der Waals surface area contributed by atoms with Gasteiger partial charge in [-0.1, -0.05) is 18.2 Å². The minimum absolute atomic E-state index is 0.104. The first-order valence-electron chi connectivity index (χ1n) is 8.72. The van der Waals surface area contributed by atoms with Gasteiger partial charge in [0.1, 0.15) is 0 Å². The van der Waals surface area contributed by atoms with Crippen LogP contribution >= 0.6 is 23.1 Å². The highest BCUT2D eigenvalue weighted by atomic mass is 32.2. The number of aromatic nitrogens is 1. The number of aryl methyl sites for hydroxylation is 1. The normalized spacial score (nSPS) is 10.5. The van der Waals surface area contributed by atoms with Crippen molar-refractivity contribution in [1.82, 2.24) is 10.3 Å². The predicted molar refractivity (Wildman–Crippen MR) is 114 cm³/mol. The number of hydrogen-bond donors (Lipinski definition) is 1. The highest BCUT2D eigenvalue weighted by molar-refractivity contribution is 7.98. The number of ether oxygens (including phenoxy) is 2. The van der Waals surface area contributed by atoms with Gasteiger partial charge in [-0.05, 0) is 36.8 Å². The number of amides is 1. The lowest BCUT2D eigenvalue weighted by atomic mass is 10.1. The summed E-state index contributed by atoms with van der Waals surface area (Å²) in [4.78, 5) is 18.2. The Morgan fingerprint density at radius 2 is 1.93 bits per heavy atom. The van der Waals surface area contributed by atoms with Crippen molar-refractivity contribution >= 4 is 29.0 Å². The van der Waals surface area contributed by atoms with E-state index in [0.29, 0.717) is 23.6 Å². The summed E-state index contributed by atoms with van der Waals surface area (Å²) in [6.45, 7) is 2.40. The molecule has 0 spiro atoms. The number of thioether (sulfide) groups is 1. The van der Waals surface area contributed by atoms with Gasteiger partial charge in [0.2, 0.25) is 0 Å². The van der Waals surface area contributed by atoms with Crippen LogP contribution in [0, 0.1) is 6.92 Å². The van der Waals surface area contributed by atoms with E-state index in [2.05, 4.69) is 15.7 Å².